The minimum atomic E-state index is 0.149. The highest BCUT2D eigenvalue weighted by Crippen LogP contribution is 2.22. The van der Waals surface area contributed by atoms with Crippen molar-refractivity contribution in [1.29, 1.82) is 0 Å². The van der Waals surface area contributed by atoms with Crippen LogP contribution in [0.1, 0.15) is 96.6 Å². The first kappa shape index (κ1) is 21.0. The van der Waals surface area contributed by atoms with Crippen molar-refractivity contribution in [2.75, 3.05) is 0 Å². The Morgan fingerprint density at radius 2 is 1.46 bits per heavy atom. The van der Waals surface area contributed by atoms with Crippen molar-refractivity contribution in [2.24, 2.45) is 0 Å². The second-order valence-corrected chi connectivity index (χ2v) is 7.73. The summed E-state index contributed by atoms with van der Waals surface area (Å²) in [6, 6.07) is 10.8. The summed E-state index contributed by atoms with van der Waals surface area (Å²) in [5.74, 6) is 0. The van der Waals surface area contributed by atoms with Gasteiger partial charge in [0.1, 0.15) is 0 Å². The van der Waals surface area contributed by atoms with Crippen molar-refractivity contribution >= 4 is 0 Å². The molecular weight excluding hydrogens is 290 g/mol. The van der Waals surface area contributed by atoms with Gasteiger partial charge in [-0.25, -0.2) is 0 Å². The zero-order valence-electron chi connectivity index (χ0n) is 16.3. The van der Waals surface area contributed by atoms with Crippen LogP contribution in [0.3, 0.4) is 0 Å². The minimum absolute atomic E-state index is 0.149. The van der Waals surface area contributed by atoms with Crippen molar-refractivity contribution in [2.45, 2.75) is 96.6 Å². The van der Waals surface area contributed by atoms with E-state index < -0.39 is 0 Å². The highest BCUT2D eigenvalue weighted by atomic mass is 15.0. The summed E-state index contributed by atoms with van der Waals surface area (Å²) in [6.07, 6.45) is 15.8. The van der Waals surface area contributed by atoms with Gasteiger partial charge >= 0.3 is 0 Å². The molecule has 1 atom stereocenters. The molecule has 0 fully saturated rings. The van der Waals surface area contributed by atoms with Gasteiger partial charge < -0.3 is 5.32 Å². The van der Waals surface area contributed by atoms with Crippen LogP contribution in [0.2, 0.25) is 0 Å². The Balaban J connectivity index is 2.20. The summed E-state index contributed by atoms with van der Waals surface area (Å²) in [6.45, 7) is 10.9. The first-order valence-corrected chi connectivity index (χ1v) is 10.0. The first-order valence-electron chi connectivity index (χ1n) is 10.0. The zero-order chi connectivity index (χ0) is 17.7. The van der Waals surface area contributed by atoms with E-state index in [1.54, 1.807) is 0 Å². The number of hydrogen-bond acceptors (Lipinski definition) is 1. The van der Waals surface area contributed by atoms with E-state index in [0.29, 0.717) is 0 Å². The Labute approximate surface area is 150 Å². The topological polar surface area (TPSA) is 12.0 Å². The molecule has 0 saturated heterocycles. The van der Waals surface area contributed by atoms with E-state index in [0.717, 1.165) is 0 Å². The van der Waals surface area contributed by atoms with Gasteiger partial charge in [-0.15, -0.1) is 6.58 Å². The van der Waals surface area contributed by atoms with Crippen molar-refractivity contribution in [3.63, 3.8) is 0 Å². The van der Waals surface area contributed by atoms with Crippen molar-refractivity contribution in [3.05, 3.63) is 48.6 Å². The van der Waals surface area contributed by atoms with E-state index in [1.807, 2.05) is 6.08 Å². The number of rotatable bonds is 14. The van der Waals surface area contributed by atoms with Gasteiger partial charge in [0.05, 0.1) is 6.04 Å². The second-order valence-electron chi connectivity index (χ2n) is 7.73. The van der Waals surface area contributed by atoms with Gasteiger partial charge in [0.15, 0.2) is 0 Å². The van der Waals surface area contributed by atoms with E-state index in [9.17, 15) is 0 Å². The molecule has 0 bridgehead atoms. The monoisotopic (exact) mass is 329 g/mol. The van der Waals surface area contributed by atoms with Gasteiger partial charge in [0, 0.05) is 5.54 Å². The van der Waals surface area contributed by atoms with Gasteiger partial charge in [-0.1, -0.05) is 101 Å². The van der Waals surface area contributed by atoms with E-state index in [1.165, 1.54) is 69.8 Å². The van der Waals surface area contributed by atoms with Crippen LogP contribution in [-0.2, 0) is 0 Å². The predicted octanol–water partition coefficient (Wildman–Crippen LogP) is 7.20. The molecule has 0 aliphatic rings. The molecule has 1 N–H and O–H groups in total. The van der Waals surface area contributed by atoms with Crippen LogP contribution >= 0.6 is 0 Å². The lowest BCUT2D eigenvalue weighted by molar-refractivity contribution is 0.327. The first-order chi connectivity index (χ1) is 11.6. The molecule has 1 heteroatoms. The van der Waals surface area contributed by atoms with Crippen LogP contribution in [0.25, 0.3) is 0 Å². The van der Waals surface area contributed by atoms with Crippen molar-refractivity contribution < 1.29 is 0 Å². The molecule has 0 saturated carbocycles. The Kier molecular flexibility index (Phi) is 10.7. The predicted molar refractivity (Wildman–Crippen MR) is 108 cm³/mol. The van der Waals surface area contributed by atoms with Crippen LogP contribution < -0.4 is 5.32 Å². The molecule has 1 aromatic carbocycles. The van der Waals surface area contributed by atoms with Gasteiger partial charge in [-0.05, 0) is 25.8 Å². The standard InChI is InChI=1S/C23H39N/c1-5-7-8-9-10-11-12-13-17-20-23(3,4)24-22(6-2)21-18-15-14-16-19-21/h6,14-16,18-19,22,24H,2,5,7-13,17,20H2,1,3-4H3. The van der Waals surface area contributed by atoms with Gasteiger partial charge in [-0.3, -0.25) is 0 Å². The highest BCUT2D eigenvalue weighted by Gasteiger charge is 2.20. The average molecular weight is 330 g/mol. The highest BCUT2D eigenvalue weighted by molar-refractivity contribution is 5.22. The Morgan fingerprint density at radius 1 is 0.917 bits per heavy atom. The molecule has 24 heavy (non-hydrogen) atoms. The lowest BCUT2D eigenvalue weighted by atomic mass is 9.93. The van der Waals surface area contributed by atoms with Gasteiger partial charge in [0.25, 0.3) is 0 Å². The third-order valence-electron chi connectivity index (χ3n) is 4.85. The number of hydrogen-bond donors (Lipinski definition) is 1. The molecule has 1 rings (SSSR count). The molecular formula is C23H39N. The normalized spacial score (nSPS) is 13.0. The molecule has 0 radical (unpaired) electrons. The van der Waals surface area contributed by atoms with E-state index in [4.69, 9.17) is 0 Å². The van der Waals surface area contributed by atoms with Crippen LogP contribution in [0.15, 0.2) is 43.0 Å². The smallest absolute Gasteiger partial charge is 0.0507 e. The zero-order valence-corrected chi connectivity index (χ0v) is 16.3. The molecule has 0 aromatic heterocycles. The summed E-state index contributed by atoms with van der Waals surface area (Å²) in [5, 5.41) is 3.77. The molecule has 0 amide bonds. The van der Waals surface area contributed by atoms with Crippen LogP contribution in [0.5, 0.6) is 0 Å². The number of benzene rings is 1. The van der Waals surface area contributed by atoms with Crippen molar-refractivity contribution in [3.8, 4) is 0 Å². The summed E-state index contributed by atoms with van der Waals surface area (Å²) in [5.41, 5.74) is 1.45. The maximum Gasteiger partial charge on any atom is 0.0507 e. The second kappa shape index (κ2) is 12.3. The van der Waals surface area contributed by atoms with E-state index in [2.05, 4.69) is 63.0 Å². The molecule has 1 aromatic rings. The largest absolute Gasteiger partial charge is 0.302 e. The lowest BCUT2D eigenvalue weighted by Crippen LogP contribution is -2.41. The quantitative estimate of drug-likeness (QED) is 0.281. The molecule has 0 heterocycles. The Bertz CT molecular complexity index is 421. The fourth-order valence-corrected chi connectivity index (χ4v) is 3.31. The Hall–Kier alpha value is -1.08. The maximum absolute atomic E-state index is 4.01. The third-order valence-corrected chi connectivity index (χ3v) is 4.85. The van der Waals surface area contributed by atoms with Gasteiger partial charge in [-0.2, -0.15) is 0 Å². The summed E-state index contributed by atoms with van der Waals surface area (Å²) in [7, 11) is 0. The summed E-state index contributed by atoms with van der Waals surface area (Å²) in [4.78, 5) is 0. The minimum Gasteiger partial charge on any atom is -0.302 e. The number of unbranched alkanes of at least 4 members (excludes halogenated alkanes) is 8. The molecule has 136 valence electrons. The van der Waals surface area contributed by atoms with Crippen LogP contribution in [0.4, 0.5) is 0 Å². The SMILES string of the molecule is C=CC(NC(C)(C)CCCCCCCCCCC)c1ccccc1. The lowest BCUT2D eigenvalue weighted by Gasteiger charge is -2.31. The van der Waals surface area contributed by atoms with Crippen LogP contribution in [-0.4, -0.2) is 5.54 Å². The fourth-order valence-electron chi connectivity index (χ4n) is 3.31. The fraction of sp³-hybridized carbons (Fsp3) is 0.652. The third kappa shape index (κ3) is 9.27. The van der Waals surface area contributed by atoms with Crippen LogP contribution in [0, 0.1) is 0 Å². The Morgan fingerprint density at radius 3 is 2.00 bits per heavy atom. The summed E-state index contributed by atoms with van der Waals surface area (Å²) < 4.78 is 0. The molecule has 0 spiro atoms. The van der Waals surface area contributed by atoms with Crippen molar-refractivity contribution in [1.82, 2.24) is 5.32 Å². The average Bonchev–Trinajstić information content (AvgIpc) is 2.59. The molecule has 0 aliphatic carbocycles. The number of nitrogens with one attached hydrogen (secondary N) is 1. The molecule has 0 aliphatic heterocycles. The molecule has 1 unspecified atom stereocenters. The maximum atomic E-state index is 4.01. The van der Waals surface area contributed by atoms with Gasteiger partial charge in [0.2, 0.25) is 0 Å². The summed E-state index contributed by atoms with van der Waals surface area (Å²) >= 11 is 0. The van der Waals surface area contributed by atoms with E-state index in [-0.39, 0.29) is 11.6 Å². The molecule has 1 nitrogen and oxygen atoms in total. The van der Waals surface area contributed by atoms with E-state index >= 15 is 0 Å².